The van der Waals surface area contributed by atoms with Gasteiger partial charge in [-0.2, -0.15) is 0 Å². The largest absolute Gasteiger partial charge is 0.345 e. The first-order valence-corrected chi connectivity index (χ1v) is 7.07. The monoisotopic (exact) mass is 239 g/mol. The molecule has 0 saturated heterocycles. The maximum absolute atomic E-state index is 5.78. The van der Waals surface area contributed by atoms with Crippen molar-refractivity contribution in [1.82, 2.24) is 4.98 Å². The number of aryl methyl sites for hydroxylation is 1. The van der Waals surface area contributed by atoms with E-state index in [2.05, 4.69) is 18.7 Å². The zero-order chi connectivity index (χ0) is 11.5. The summed E-state index contributed by atoms with van der Waals surface area (Å²) in [5.74, 6) is 0. The first-order chi connectivity index (χ1) is 7.80. The fourth-order valence-corrected chi connectivity index (χ4v) is 3.14. The molecule has 0 radical (unpaired) electrons. The van der Waals surface area contributed by atoms with Crippen LogP contribution in [0.4, 0.5) is 5.13 Å². The quantitative estimate of drug-likeness (QED) is 0.829. The van der Waals surface area contributed by atoms with Crippen molar-refractivity contribution in [1.29, 1.82) is 0 Å². The molecule has 1 heterocycles. The average Bonchev–Trinajstić information content (AvgIpc) is 3.03. The second-order valence-electron chi connectivity index (χ2n) is 4.34. The van der Waals surface area contributed by atoms with Crippen LogP contribution in [0.5, 0.6) is 0 Å². The molecule has 0 aromatic carbocycles. The first-order valence-electron chi connectivity index (χ1n) is 6.25. The molecule has 16 heavy (non-hydrogen) atoms. The number of nitrogens with two attached hydrogens (primary N) is 1. The third-order valence-electron chi connectivity index (χ3n) is 3.01. The second-order valence-corrected chi connectivity index (χ2v) is 5.40. The van der Waals surface area contributed by atoms with E-state index in [0.29, 0.717) is 6.54 Å². The maximum Gasteiger partial charge on any atom is 0.186 e. The minimum atomic E-state index is 0.634. The Kier molecular flexibility index (Phi) is 3.82. The van der Waals surface area contributed by atoms with Gasteiger partial charge in [-0.15, -0.1) is 11.3 Å². The molecule has 1 aromatic heterocycles. The van der Waals surface area contributed by atoms with Crippen LogP contribution in [0.3, 0.4) is 0 Å². The highest BCUT2D eigenvalue weighted by molar-refractivity contribution is 7.15. The highest BCUT2D eigenvalue weighted by Crippen LogP contribution is 2.35. The van der Waals surface area contributed by atoms with E-state index in [-0.39, 0.29) is 0 Å². The number of aromatic nitrogens is 1. The van der Waals surface area contributed by atoms with Crippen molar-refractivity contribution < 1.29 is 0 Å². The Morgan fingerprint density at radius 3 is 2.69 bits per heavy atom. The number of thiazole rings is 1. The molecule has 0 amide bonds. The third kappa shape index (κ3) is 2.38. The lowest BCUT2D eigenvalue weighted by Gasteiger charge is -2.18. The maximum atomic E-state index is 5.78. The minimum absolute atomic E-state index is 0.634. The zero-order valence-corrected chi connectivity index (χ0v) is 11.0. The Morgan fingerprint density at radius 2 is 2.19 bits per heavy atom. The molecule has 0 bridgehead atoms. The molecule has 0 aliphatic heterocycles. The smallest absolute Gasteiger partial charge is 0.186 e. The van der Waals surface area contributed by atoms with Crippen LogP contribution in [0.1, 0.15) is 43.7 Å². The predicted octanol–water partition coefficient (Wildman–Crippen LogP) is 2.54. The van der Waals surface area contributed by atoms with E-state index in [1.807, 2.05) is 0 Å². The second kappa shape index (κ2) is 5.15. The molecule has 1 aliphatic rings. The Labute approximate surface area is 102 Å². The molecule has 90 valence electrons. The molecule has 0 unspecified atom stereocenters. The summed E-state index contributed by atoms with van der Waals surface area (Å²) in [6, 6.07) is 0.747. The van der Waals surface area contributed by atoms with Gasteiger partial charge in [0.05, 0.1) is 5.69 Å². The lowest BCUT2D eigenvalue weighted by molar-refractivity contribution is 0.807. The van der Waals surface area contributed by atoms with E-state index in [9.17, 15) is 0 Å². The number of hydrogen-bond acceptors (Lipinski definition) is 4. The van der Waals surface area contributed by atoms with Crippen LogP contribution >= 0.6 is 11.3 Å². The van der Waals surface area contributed by atoms with Gasteiger partial charge >= 0.3 is 0 Å². The van der Waals surface area contributed by atoms with Crippen molar-refractivity contribution in [3.63, 3.8) is 0 Å². The fraction of sp³-hybridized carbons (Fsp3) is 0.750. The van der Waals surface area contributed by atoms with E-state index < -0.39 is 0 Å². The molecule has 1 saturated carbocycles. The van der Waals surface area contributed by atoms with Crippen molar-refractivity contribution in [2.75, 3.05) is 11.4 Å². The summed E-state index contributed by atoms with van der Waals surface area (Å²) in [5, 5.41) is 1.19. The van der Waals surface area contributed by atoms with Gasteiger partial charge in [-0.05, 0) is 26.2 Å². The van der Waals surface area contributed by atoms with Gasteiger partial charge < -0.3 is 10.6 Å². The highest BCUT2D eigenvalue weighted by atomic mass is 32.1. The Hall–Kier alpha value is -0.610. The molecule has 2 N–H and O–H groups in total. The normalized spacial score (nSPS) is 15.4. The molecule has 0 spiro atoms. The van der Waals surface area contributed by atoms with Gasteiger partial charge in [0.25, 0.3) is 0 Å². The van der Waals surface area contributed by atoms with Crippen LogP contribution in [-0.2, 0) is 13.0 Å². The molecule has 1 fully saturated rings. The lowest BCUT2D eigenvalue weighted by Crippen LogP contribution is -2.24. The molecular weight excluding hydrogens is 218 g/mol. The summed E-state index contributed by atoms with van der Waals surface area (Å²) < 4.78 is 0. The van der Waals surface area contributed by atoms with Gasteiger partial charge in [0.15, 0.2) is 5.13 Å². The van der Waals surface area contributed by atoms with E-state index in [4.69, 9.17) is 10.7 Å². The summed E-state index contributed by atoms with van der Waals surface area (Å²) in [4.78, 5) is 8.48. The molecule has 4 heteroatoms. The van der Waals surface area contributed by atoms with Gasteiger partial charge in [0, 0.05) is 24.0 Å². The Bertz CT molecular complexity index is 344. The van der Waals surface area contributed by atoms with Crippen molar-refractivity contribution in [2.45, 2.75) is 52.1 Å². The van der Waals surface area contributed by atoms with Gasteiger partial charge in [-0.3, -0.25) is 0 Å². The van der Waals surface area contributed by atoms with Gasteiger partial charge in [-0.25, -0.2) is 4.98 Å². The van der Waals surface area contributed by atoms with Crippen molar-refractivity contribution in [2.24, 2.45) is 5.73 Å². The van der Waals surface area contributed by atoms with Crippen LogP contribution in [0.2, 0.25) is 0 Å². The highest BCUT2D eigenvalue weighted by Gasteiger charge is 2.30. The molecule has 1 aromatic rings. The molecular formula is C12H21N3S. The number of nitrogens with zero attached hydrogens (tertiary/aromatic N) is 2. The Balaban J connectivity index is 2.19. The zero-order valence-electron chi connectivity index (χ0n) is 10.2. The third-order valence-corrected chi connectivity index (χ3v) is 4.17. The van der Waals surface area contributed by atoms with Crippen LogP contribution in [0.15, 0.2) is 0 Å². The first kappa shape index (κ1) is 11.9. The minimum Gasteiger partial charge on any atom is -0.345 e. The SMILES string of the molecule is CCCc1nc(N(CC)C2CC2)sc1CN. The summed E-state index contributed by atoms with van der Waals surface area (Å²) in [7, 11) is 0. The number of hydrogen-bond donors (Lipinski definition) is 1. The van der Waals surface area contributed by atoms with Crippen LogP contribution in [0.25, 0.3) is 0 Å². The lowest BCUT2D eigenvalue weighted by atomic mass is 10.2. The van der Waals surface area contributed by atoms with Crippen molar-refractivity contribution in [3.8, 4) is 0 Å². The van der Waals surface area contributed by atoms with Gasteiger partial charge in [0.2, 0.25) is 0 Å². The van der Waals surface area contributed by atoms with Gasteiger partial charge in [0.1, 0.15) is 0 Å². The summed E-state index contributed by atoms with van der Waals surface area (Å²) in [6.45, 7) is 6.10. The van der Waals surface area contributed by atoms with E-state index in [1.165, 1.54) is 28.5 Å². The molecule has 3 nitrogen and oxygen atoms in total. The van der Waals surface area contributed by atoms with Crippen LogP contribution in [0, 0.1) is 0 Å². The Morgan fingerprint density at radius 1 is 1.44 bits per heavy atom. The predicted molar refractivity (Wildman–Crippen MR) is 70.0 cm³/mol. The van der Waals surface area contributed by atoms with Gasteiger partial charge in [-0.1, -0.05) is 13.3 Å². The number of anilines is 1. The van der Waals surface area contributed by atoms with E-state index in [1.54, 1.807) is 11.3 Å². The molecule has 0 atom stereocenters. The van der Waals surface area contributed by atoms with Crippen LogP contribution < -0.4 is 10.6 Å². The van der Waals surface area contributed by atoms with Crippen molar-refractivity contribution >= 4 is 16.5 Å². The van der Waals surface area contributed by atoms with E-state index >= 15 is 0 Å². The standard InChI is InChI=1S/C12H21N3S/c1-3-5-10-11(8-13)16-12(14-10)15(4-2)9-6-7-9/h9H,3-8,13H2,1-2H3. The summed E-state index contributed by atoms with van der Waals surface area (Å²) >= 11 is 1.79. The number of rotatable bonds is 6. The molecule has 2 rings (SSSR count). The fourth-order valence-electron chi connectivity index (χ4n) is 2.02. The average molecular weight is 239 g/mol. The van der Waals surface area contributed by atoms with Crippen LogP contribution in [-0.4, -0.2) is 17.6 Å². The summed E-state index contributed by atoms with van der Waals surface area (Å²) in [6.07, 6.45) is 4.86. The van der Waals surface area contributed by atoms with Crippen molar-refractivity contribution in [3.05, 3.63) is 10.6 Å². The molecule has 1 aliphatic carbocycles. The van der Waals surface area contributed by atoms with E-state index in [0.717, 1.165) is 25.4 Å². The topological polar surface area (TPSA) is 42.2 Å². The summed E-state index contributed by atoms with van der Waals surface area (Å²) in [5.41, 5.74) is 7.01.